The van der Waals surface area contributed by atoms with E-state index in [1.54, 1.807) is 0 Å². The second kappa shape index (κ2) is 7.44. The lowest BCUT2D eigenvalue weighted by molar-refractivity contribution is -0.384. The predicted octanol–water partition coefficient (Wildman–Crippen LogP) is 1.11. The monoisotopic (exact) mass is 282 g/mol. The number of hydrogen-bond donors (Lipinski definition) is 2. The van der Waals surface area contributed by atoms with Gasteiger partial charge in [-0.15, -0.1) is 0 Å². The van der Waals surface area contributed by atoms with Crippen LogP contribution in [0, 0.1) is 16.0 Å². The molecule has 0 spiro atoms. The van der Waals surface area contributed by atoms with Gasteiger partial charge in [0.25, 0.3) is 11.6 Å². The van der Waals surface area contributed by atoms with Crippen molar-refractivity contribution >= 4 is 11.6 Å². The molecule has 0 saturated carbocycles. The topological polar surface area (TPSA) is 102 Å². The van der Waals surface area contributed by atoms with Crippen LogP contribution in [0.3, 0.4) is 0 Å². The minimum absolute atomic E-state index is 0.0399. The molecular formula is C13H18N2O5. The Balaban J connectivity index is 2.35. The molecule has 1 aromatic carbocycles. The zero-order chi connectivity index (χ0) is 15.1. The quantitative estimate of drug-likeness (QED) is 0.576. The molecule has 0 aliphatic heterocycles. The second-order valence-corrected chi connectivity index (χ2v) is 4.66. The first-order valence-electron chi connectivity index (χ1n) is 6.22. The smallest absolute Gasteiger partial charge is 0.269 e. The van der Waals surface area contributed by atoms with Crippen LogP contribution >= 0.6 is 0 Å². The van der Waals surface area contributed by atoms with Crippen molar-refractivity contribution in [2.45, 2.75) is 20.0 Å². The molecule has 1 amide bonds. The lowest BCUT2D eigenvalue weighted by atomic mass is 10.1. The highest BCUT2D eigenvalue weighted by Crippen LogP contribution is 2.16. The molecule has 2 N–H and O–H groups in total. The van der Waals surface area contributed by atoms with Crippen LogP contribution in [0.15, 0.2) is 24.3 Å². The fourth-order valence-electron chi connectivity index (χ4n) is 1.32. The summed E-state index contributed by atoms with van der Waals surface area (Å²) in [6.07, 6.45) is -0.599. The van der Waals surface area contributed by atoms with E-state index in [2.05, 4.69) is 5.32 Å². The van der Waals surface area contributed by atoms with Gasteiger partial charge in [0.15, 0.2) is 6.61 Å². The van der Waals surface area contributed by atoms with Crippen molar-refractivity contribution in [3.8, 4) is 5.75 Å². The van der Waals surface area contributed by atoms with Crippen LogP contribution in [0.2, 0.25) is 0 Å². The van der Waals surface area contributed by atoms with Crippen LogP contribution in [0.5, 0.6) is 5.75 Å². The lowest BCUT2D eigenvalue weighted by Gasteiger charge is -2.15. The average Bonchev–Trinajstić information content (AvgIpc) is 2.42. The van der Waals surface area contributed by atoms with E-state index in [0.29, 0.717) is 5.75 Å². The number of amides is 1. The van der Waals surface area contributed by atoms with Gasteiger partial charge >= 0.3 is 0 Å². The van der Waals surface area contributed by atoms with E-state index >= 15 is 0 Å². The van der Waals surface area contributed by atoms with Gasteiger partial charge in [0.05, 0.1) is 11.0 Å². The second-order valence-electron chi connectivity index (χ2n) is 4.66. The van der Waals surface area contributed by atoms with Gasteiger partial charge < -0.3 is 15.2 Å². The molecule has 0 aromatic heterocycles. The fourth-order valence-corrected chi connectivity index (χ4v) is 1.32. The van der Waals surface area contributed by atoms with Crippen molar-refractivity contribution in [3.05, 3.63) is 34.4 Å². The summed E-state index contributed by atoms with van der Waals surface area (Å²) in [5, 5.41) is 22.5. The summed E-state index contributed by atoms with van der Waals surface area (Å²) in [6.45, 7) is 3.66. The van der Waals surface area contributed by atoms with Crippen LogP contribution in [-0.2, 0) is 4.79 Å². The molecule has 0 saturated heterocycles. The largest absolute Gasteiger partial charge is 0.484 e. The number of hydrogen-bond acceptors (Lipinski definition) is 5. The number of aliphatic hydroxyl groups is 1. The van der Waals surface area contributed by atoms with E-state index in [4.69, 9.17) is 4.74 Å². The lowest BCUT2D eigenvalue weighted by Crippen LogP contribution is -2.37. The minimum Gasteiger partial charge on any atom is -0.484 e. The van der Waals surface area contributed by atoms with Gasteiger partial charge in [0, 0.05) is 18.7 Å². The van der Waals surface area contributed by atoms with E-state index in [9.17, 15) is 20.0 Å². The van der Waals surface area contributed by atoms with Crippen LogP contribution < -0.4 is 10.1 Å². The summed E-state index contributed by atoms with van der Waals surface area (Å²) in [5.41, 5.74) is -0.0399. The molecule has 1 atom stereocenters. The number of carbonyl (C=O) groups is 1. The van der Waals surface area contributed by atoms with Crippen LogP contribution in [0.1, 0.15) is 13.8 Å². The summed E-state index contributed by atoms with van der Waals surface area (Å²) >= 11 is 0. The number of rotatable bonds is 7. The number of ether oxygens (including phenoxy) is 1. The average molecular weight is 282 g/mol. The number of carbonyl (C=O) groups excluding carboxylic acids is 1. The maximum atomic E-state index is 11.5. The number of nitro groups is 1. The van der Waals surface area contributed by atoms with E-state index in [-0.39, 0.29) is 30.7 Å². The molecule has 1 rings (SSSR count). The van der Waals surface area contributed by atoms with Gasteiger partial charge in [0.1, 0.15) is 5.75 Å². The third kappa shape index (κ3) is 5.23. The Bertz CT molecular complexity index is 458. The van der Waals surface area contributed by atoms with E-state index in [1.165, 1.54) is 24.3 Å². The molecule has 0 aliphatic rings. The van der Waals surface area contributed by atoms with Crippen molar-refractivity contribution in [1.82, 2.24) is 5.32 Å². The van der Waals surface area contributed by atoms with Crippen molar-refractivity contribution in [2.24, 2.45) is 5.92 Å². The van der Waals surface area contributed by atoms with Crippen molar-refractivity contribution in [1.29, 1.82) is 0 Å². The Kier molecular flexibility index (Phi) is 5.92. The molecule has 0 fully saturated rings. The summed E-state index contributed by atoms with van der Waals surface area (Å²) in [5.74, 6) is 0.0732. The number of nitro benzene ring substituents is 1. The molecule has 0 heterocycles. The molecule has 20 heavy (non-hydrogen) atoms. The Morgan fingerprint density at radius 3 is 2.50 bits per heavy atom. The van der Waals surface area contributed by atoms with E-state index in [0.717, 1.165) is 0 Å². The Labute approximate surface area is 116 Å². The first-order chi connectivity index (χ1) is 9.40. The molecule has 0 aliphatic carbocycles. The summed E-state index contributed by atoms with van der Waals surface area (Å²) < 4.78 is 5.18. The number of nitrogens with one attached hydrogen (secondary N) is 1. The van der Waals surface area contributed by atoms with Crippen molar-refractivity contribution < 1.29 is 19.6 Å². The molecule has 0 radical (unpaired) electrons. The molecule has 1 unspecified atom stereocenters. The Hall–Kier alpha value is -2.15. The summed E-state index contributed by atoms with van der Waals surface area (Å²) in [4.78, 5) is 21.4. The number of aliphatic hydroxyl groups excluding tert-OH is 1. The highest BCUT2D eigenvalue weighted by Gasteiger charge is 2.11. The normalized spacial score (nSPS) is 12.0. The summed E-state index contributed by atoms with van der Waals surface area (Å²) in [7, 11) is 0. The van der Waals surface area contributed by atoms with Gasteiger partial charge in [-0.25, -0.2) is 0 Å². The SMILES string of the molecule is CC(C)C(O)CNC(=O)COc1ccc([N+](=O)[O-])cc1. The first kappa shape index (κ1) is 15.9. The van der Waals surface area contributed by atoms with Crippen LogP contribution in [0.4, 0.5) is 5.69 Å². The van der Waals surface area contributed by atoms with Gasteiger partial charge in [-0.1, -0.05) is 13.8 Å². The molecule has 7 heteroatoms. The number of non-ortho nitro benzene ring substituents is 1. The molecule has 7 nitrogen and oxygen atoms in total. The maximum absolute atomic E-state index is 11.5. The van der Waals surface area contributed by atoms with Gasteiger partial charge in [-0.05, 0) is 18.1 Å². The highest BCUT2D eigenvalue weighted by atomic mass is 16.6. The minimum atomic E-state index is -0.599. The predicted molar refractivity (Wildman–Crippen MR) is 72.4 cm³/mol. The standard InChI is InChI=1S/C13H18N2O5/c1-9(2)12(16)7-14-13(17)8-20-11-5-3-10(4-6-11)15(18)19/h3-6,9,12,16H,7-8H2,1-2H3,(H,14,17). The Morgan fingerprint density at radius 1 is 1.40 bits per heavy atom. The van der Waals surface area contributed by atoms with E-state index < -0.39 is 11.0 Å². The number of nitrogens with zero attached hydrogens (tertiary/aromatic N) is 1. The fraction of sp³-hybridized carbons (Fsp3) is 0.462. The molecule has 110 valence electrons. The van der Waals surface area contributed by atoms with Crippen LogP contribution in [-0.4, -0.2) is 35.2 Å². The third-order valence-electron chi connectivity index (χ3n) is 2.70. The van der Waals surface area contributed by atoms with Gasteiger partial charge in [-0.3, -0.25) is 14.9 Å². The van der Waals surface area contributed by atoms with Crippen molar-refractivity contribution in [3.63, 3.8) is 0 Å². The molecular weight excluding hydrogens is 264 g/mol. The molecule has 0 bridgehead atoms. The van der Waals surface area contributed by atoms with Gasteiger partial charge in [0.2, 0.25) is 0 Å². The van der Waals surface area contributed by atoms with Crippen molar-refractivity contribution in [2.75, 3.05) is 13.2 Å². The highest BCUT2D eigenvalue weighted by molar-refractivity contribution is 5.77. The van der Waals surface area contributed by atoms with Crippen LogP contribution in [0.25, 0.3) is 0 Å². The number of benzene rings is 1. The zero-order valence-electron chi connectivity index (χ0n) is 11.4. The molecule has 1 aromatic rings. The Morgan fingerprint density at radius 2 is 2.00 bits per heavy atom. The first-order valence-corrected chi connectivity index (χ1v) is 6.22. The maximum Gasteiger partial charge on any atom is 0.269 e. The summed E-state index contributed by atoms with van der Waals surface area (Å²) in [6, 6.07) is 5.45. The zero-order valence-corrected chi connectivity index (χ0v) is 11.4. The third-order valence-corrected chi connectivity index (χ3v) is 2.70. The van der Waals surface area contributed by atoms with Gasteiger partial charge in [-0.2, -0.15) is 0 Å². The van der Waals surface area contributed by atoms with E-state index in [1.807, 2.05) is 13.8 Å².